The molecule has 9 heterocycles. The van der Waals surface area contributed by atoms with Gasteiger partial charge in [0.25, 0.3) is 11.8 Å². The number of nitrogens with one attached hydrogen (secondary N) is 2. The molecule has 17 atom stereocenters. The molecule has 2 unspecified atom stereocenters. The van der Waals surface area contributed by atoms with Crippen LogP contribution in [0.5, 0.6) is 0 Å². The molecular weight excluding hydrogens is 1540 g/mol. The number of imide groups is 1. The number of carbonyl (C=O) groups excluding carboxylic acids is 6. The lowest BCUT2D eigenvalue weighted by Crippen LogP contribution is -2.58. The van der Waals surface area contributed by atoms with Crippen LogP contribution in [0.2, 0.25) is 0 Å². The topological polar surface area (TPSA) is 350 Å². The number of carbonyl (C=O) groups is 6. The van der Waals surface area contributed by atoms with Gasteiger partial charge < -0.3 is 101 Å². The molecule has 8 aliphatic rings. The summed E-state index contributed by atoms with van der Waals surface area (Å²) in [7, 11) is 6.52. The van der Waals surface area contributed by atoms with E-state index in [0.717, 1.165) is 41.7 Å². The van der Waals surface area contributed by atoms with Gasteiger partial charge in [0.1, 0.15) is 36.9 Å². The standard InChI is InChI=1S/C81H123N7O25S2/c1-10-64-54(3)41-62(108-64)19-22-81-47-71(96-7)77(113-81)69-46-70(112-81)76-65(110-69)16-15-61(109-76)42-59(89)43-63-67(45-66-55(4)53(2)21-27-105-66)111-68(75(63)97-8)44-60(90)48-83-78(94)106-50-56-11-13-58(14-12-56)87(79(95)107-52-80(5,6)115-114-9)26-30-100-33-36-102-35-32-99-29-25-86-49-57(84-85-86)51-104-40-39-103-38-37-101-34-31-98-28-23-82-72(91)20-24-88-73(92)17-18-74(88)93/h11-14,17-18,49,53,60-71,75-77,90H,3-4,10,15-16,19-48,50-52H2,1-2,5-9H3,(H,82,91)(H,83,94)/t53-,60+,61-,62+,63+,64?,65+,66?,67+,68-,69-,70-,71-,75-,76+,77-,81-/m1/s1. The lowest BCUT2D eigenvalue weighted by molar-refractivity contribution is -0.277. The zero-order chi connectivity index (χ0) is 81.7. The minimum atomic E-state index is -1.06. The molecule has 5 amide bonds. The Labute approximate surface area is 683 Å². The van der Waals surface area contributed by atoms with E-state index in [-0.39, 0.29) is 168 Å². The van der Waals surface area contributed by atoms with Gasteiger partial charge in [0.15, 0.2) is 5.79 Å². The highest BCUT2D eigenvalue weighted by molar-refractivity contribution is 8.77. The summed E-state index contributed by atoms with van der Waals surface area (Å²) in [6, 6.07) is 7.01. The Balaban J connectivity index is 0.592. The number of nitrogens with zero attached hydrogens (tertiary/aromatic N) is 5. The van der Waals surface area contributed by atoms with Crippen LogP contribution in [0.25, 0.3) is 0 Å². The molecule has 2 aromatic rings. The summed E-state index contributed by atoms with van der Waals surface area (Å²) in [5.41, 5.74) is 3.99. The van der Waals surface area contributed by atoms with Gasteiger partial charge in [-0.2, -0.15) is 0 Å². The van der Waals surface area contributed by atoms with E-state index in [1.54, 1.807) is 71.0 Å². The molecule has 7 saturated heterocycles. The Morgan fingerprint density at radius 1 is 0.757 bits per heavy atom. The lowest BCUT2D eigenvalue weighted by Gasteiger charge is -2.47. The molecule has 115 heavy (non-hydrogen) atoms. The Bertz CT molecular complexity index is 3420. The van der Waals surface area contributed by atoms with Crippen molar-refractivity contribution in [3.63, 3.8) is 0 Å². The number of ketones is 1. The Kier molecular flexibility index (Phi) is 37.4. The fourth-order valence-corrected chi connectivity index (χ4v) is 17.9. The molecule has 1 aromatic carbocycles. The van der Waals surface area contributed by atoms with Crippen LogP contribution in [-0.4, -0.2) is 302 Å². The van der Waals surface area contributed by atoms with Crippen LogP contribution in [-0.2, 0) is 124 Å². The number of anilines is 1. The van der Waals surface area contributed by atoms with Crippen LogP contribution in [0.3, 0.4) is 0 Å². The van der Waals surface area contributed by atoms with Gasteiger partial charge in [-0.25, -0.2) is 14.3 Å². The van der Waals surface area contributed by atoms with Crippen molar-refractivity contribution in [2.45, 2.75) is 233 Å². The molecule has 1 aromatic heterocycles. The van der Waals surface area contributed by atoms with Crippen molar-refractivity contribution >= 4 is 63.0 Å². The van der Waals surface area contributed by atoms with E-state index in [1.807, 2.05) is 20.1 Å². The number of hydrogen-bond donors (Lipinski definition) is 3. The number of aliphatic hydroxyl groups is 1. The Hall–Kier alpha value is -5.58. The first-order chi connectivity index (χ1) is 55.6. The molecule has 0 aliphatic carbocycles. The predicted octanol–water partition coefficient (Wildman–Crippen LogP) is 7.36. The van der Waals surface area contributed by atoms with Gasteiger partial charge in [-0.3, -0.25) is 29.0 Å². The fraction of sp³-hybridized carbons (Fsp3) is 0.753. The highest BCUT2D eigenvalue weighted by Gasteiger charge is 2.60. The van der Waals surface area contributed by atoms with Crippen molar-refractivity contribution in [2.24, 2.45) is 11.8 Å². The van der Waals surface area contributed by atoms with E-state index in [0.29, 0.717) is 148 Å². The van der Waals surface area contributed by atoms with E-state index in [2.05, 4.69) is 48.0 Å². The van der Waals surface area contributed by atoms with Gasteiger partial charge in [0, 0.05) is 116 Å². The lowest BCUT2D eigenvalue weighted by atomic mass is 9.82. The third kappa shape index (κ3) is 28.3. The highest BCUT2D eigenvalue weighted by atomic mass is 33.1. The average Bonchev–Trinajstić information content (AvgIpc) is 1.59. The van der Waals surface area contributed by atoms with Crippen molar-refractivity contribution in [2.75, 3.05) is 151 Å². The van der Waals surface area contributed by atoms with Crippen LogP contribution in [0.15, 0.2) is 66.9 Å². The van der Waals surface area contributed by atoms with Crippen molar-refractivity contribution in [1.29, 1.82) is 0 Å². The highest BCUT2D eigenvalue weighted by Crippen LogP contribution is 2.50. The molecule has 34 heteroatoms. The summed E-state index contributed by atoms with van der Waals surface area (Å²) in [5, 5.41) is 25.2. The number of fused-ring (bicyclic) bond motifs is 7. The largest absolute Gasteiger partial charge is 0.448 e. The number of aromatic nitrogens is 3. The molecule has 10 rings (SSSR count). The summed E-state index contributed by atoms with van der Waals surface area (Å²) in [6.07, 6.45) is 7.47. The maximum Gasteiger partial charge on any atom is 0.414 e. The van der Waals surface area contributed by atoms with Crippen molar-refractivity contribution in [1.82, 2.24) is 30.5 Å². The zero-order valence-corrected chi connectivity index (χ0v) is 69.6. The summed E-state index contributed by atoms with van der Waals surface area (Å²) in [6.45, 7) is 23.1. The molecule has 644 valence electrons. The first kappa shape index (κ1) is 91.7. The first-order valence-corrected chi connectivity index (χ1v) is 43.3. The minimum Gasteiger partial charge on any atom is -0.448 e. The van der Waals surface area contributed by atoms with Crippen LogP contribution in [0.1, 0.15) is 129 Å². The second-order valence-corrected chi connectivity index (χ2v) is 34.1. The third-order valence-corrected chi connectivity index (χ3v) is 24.5. The fourth-order valence-electron chi connectivity index (χ4n) is 15.9. The molecule has 8 aliphatic heterocycles. The van der Waals surface area contributed by atoms with Crippen molar-refractivity contribution in [3.05, 3.63) is 78.2 Å². The van der Waals surface area contributed by atoms with Gasteiger partial charge in [-0.05, 0) is 93.4 Å². The van der Waals surface area contributed by atoms with E-state index in [9.17, 15) is 33.9 Å². The second kappa shape index (κ2) is 46.8. The van der Waals surface area contributed by atoms with Gasteiger partial charge in [0.05, 0.1) is 190 Å². The van der Waals surface area contributed by atoms with Crippen LogP contribution in [0, 0.1) is 11.8 Å². The van der Waals surface area contributed by atoms with E-state index < -0.39 is 54.2 Å². The molecule has 0 radical (unpaired) electrons. The summed E-state index contributed by atoms with van der Waals surface area (Å²) < 4.78 is 112. The monoisotopic (exact) mass is 1660 g/mol. The number of rotatable bonds is 52. The maximum atomic E-state index is 14.5. The first-order valence-electron chi connectivity index (χ1n) is 40.7. The molecule has 7 fully saturated rings. The van der Waals surface area contributed by atoms with E-state index in [1.165, 1.54) is 17.1 Å². The third-order valence-electron chi connectivity index (χ3n) is 22.0. The number of methoxy groups -OCH3 is 2. The molecular formula is C81H123N7O25S2. The summed E-state index contributed by atoms with van der Waals surface area (Å²) >= 11 is 0. The number of amides is 5. The van der Waals surface area contributed by atoms with Gasteiger partial charge >= 0.3 is 12.2 Å². The van der Waals surface area contributed by atoms with Crippen LogP contribution in [0.4, 0.5) is 15.3 Å². The van der Waals surface area contributed by atoms with Gasteiger partial charge in [-0.15, -0.1) is 5.10 Å². The number of aliphatic hydroxyl groups excluding tert-OH is 1. The van der Waals surface area contributed by atoms with E-state index in [4.69, 9.17) is 85.3 Å². The number of Topliss-reactive ketones (excluding diaryl/α,β-unsaturated/α-hetero) is 1. The van der Waals surface area contributed by atoms with Gasteiger partial charge in [-0.1, -0.05) is 65.9 Å². The summed E-state index contributed by atoms with van der Waals surface area (Å²) in [4.78, 5) is 79.1. The Morgan fingerprint density at radius 3 is 2.16 bits per heavy atom. The molecule has 3 N–H and O–H groups in total. The van der Waals surface area contributed by atoms with Crippen LogP contribution >= 0.6 is 21.6 Å². The minimum absolute atomic E-state index is 0.0129. The second-order valence-electron chi connectivity index (χ2n) is 31.0. The quantitative estimate of drug-likeness (QED) is 0.0252. The number of benzene rings is 1. The number of ether oxygens (including phenoxy) is 18. The number of hydrogen-bond acceptors (Lipinski definition) is 29. The maximum absolute atomic E-state index is 14.5. The number of alkyl carbamates (subject to hydrolysis) is 1. The molecule has 0 saturated carbocycles. The normalized spacial score (nSPS) is 28.1. The van der Waals surface area contributed by atoms with Crippen molar-refractivity contribution in [3.8, 4) is 0 Å². The molecule has 4 bridgehead atoms. The molecule has 32 nitrogen and oxygen atoms in total. The average molecular weight is 1660 g/mol. The van der Waals surface area contributed by atoms with Crippen LogP contribution < -0.4 is 15.5 Å². The Morgan fingerprint density at radius 2 is 1.46 bits per heavy atom. The SMILES string of the molecule is C=C1C[C@H](CC[C@]23C[C@@H](OC)[C@H](O2)[C@H]2C[C@@H](O3)[C@H]3O[C@@H](CC(=O)C[C@@H]4[C@@H](OC)[C@@H](C[C@H](O)CNC(=O)OCc5ccc(N(CCOCCOCCOCCn6cc(COCCOCCOCCOCCNC(=O)CCN7C(=O)C=CC7=O)nn6)C(=O)OCC(C)(C)SSC)cc5)O[C@H]4CC4OCC[C@@H](C)C4=C)CC[C@@H]3O2)OC1CC. The van der Waals surface area contributed by atoms with Crippen molar-refractivity contribution < 1.29 is 119 Å². The van der Waals surface area contributed by atoms with Gasteiger partial charge in [0.2, 0.25) is 5.91 Å². The summed E-state index contributed by atoms with van der Waals surface area (Å²) in [5.74, 6) is -2.10. The van der Waals surface area contributed by atoms with E-state index >= 15 is 0 Å². The molecule has 0 spiro atoms. The smallest absolute Gasteiger partial charge is 0.414 e. The predicted molar refractivity (Wildman–Crippen MR) is 423 cm³/mol. The zero-order valence-electron chi connectivity index (χ0n) is 67.9.